The van der Waals surface area contributed by atoms with Crippen LogP contribution < -0.4 is 4.74 Å². The molecule has 0 unspecified atom stereocenters. The number of hydrogen-bond acceptors (Lipinski definition) is 3. The van der Waals surface area contributed by atoms with Gasteiger partial charge in [-0.05, 0) is 43.5 Å². The number of nitrogens with zero attached hydrogens (tertiary/aromatic N) is 1. The molecule has 0 aliphatic heterocycles. The fraction of sp³-hybridized carbons (Fsp3) is 0.350. The quantitative estimate of drug-likeness (QED) is 0.617. The molecule has 4 nitrogen and oxygen atoms in total. The van der Waals surface area contributed by atoms with Crippen LogP contribution in [-0.4, -0.2) is 23.6 Å². The van der Waals surface area contributed by atoms with Crippen LogP contribution in [-0.2, 0) is 4.74 Å². The first-order valence-corrected chi connectivity index (χ1v) is 8.44. The molecule has 1 aromatic carbocycles. The zero-order valence-corrected chi connectivity index (χ0v) is 14.4. The highest BCUT2D eigenvalue weighted by molar-refractivity contribution is 6.11. The Labute approximate surface area is 142 Å². The van der Waals surface area contributed by atoms with E-state index >= 15 is 0 Å². The third kappa shape index (κ3) is 3.09. The second-order valence-electron chi connectivity index (χ2n) is 6.26. The van der Waals surface area contributed by atoms with E-state index in [9.17, 15) is 4.79 Å². The maximum Gasteiger partial charge on any atom is 0.340 e. The first-order valence-electron chi connectivity index (χ1n) is 8.44. The fourth-order valence-corrected chi connectivity index (χ4v) is 2.84. The minimum atomic E-state index is -0.287. The molecule has 0 N–H and O–H groups in total. The summed E-state index contributed by atoms with van der Waals surface area (Å²) < 4.78 is 13.1. The summed E-state index contributed by atoms with van der Waals surface area (Å²) in [6, 6.07) is 11.7. The smallest absolute Gasteiger partial charge is 0.340 e. The van der Waals surface area contributed by atoms with Gasteiger partial charge in [0, 0.05) is 17.6 Å². The highest BCUT2D eigenvalue weighted by Gasteiger charge is 2.19. The number of aromatic nitrogens is 1. The number of hydrogen-bond donors (Lipinski definition) is 0. The lowest BCUT2D eigenvalue weighted by Crippen LogP contribution is -2.04. The van der Waals surface area contributed by atoms with Crippen molar-refractivity contribution in [3.8, 4) is 5.75 Å². The Hall–Kier alpha value is -2.49. The minimum Gasteiger partial charge on any atom is -0.494 e. The van der Waals surface area contributed by atoms with Gasteiger partial charge in [0.2, 0.25) is 0 Å². The molecule has 0 aliphatic carbocycles. The van der Waals surface area contributed by atoms with Crippen molar-refractivity contribution in [1.82, 2.24) is 4.40 Å². The third-order valence-electron chi connectivity index (χ3n) is 4.06. The van der Waals surface area contributed by atoms with E-state index in [1.807, 2.05) is 53.9 Å². The number of esters is 1. The number of carbonyl (C=O) groups is 1. The van der Waals surface area contributed by atoms with Crippen LogP contribution in [0, 0.1) is 5.92 Å². The summed E-state index contributed by atoms with van der Waals surface area (Å²) in [7, 11) is 0. The van der Waals surface area contributed by atoms with E-state index in [0.717, 1.165) is 28.6 Å². The molecule has 4 heteroatoms. The summed E-state index contributed by atoms with van der Waals surface area (Å²) in [5.41, 5.74) is 2.42. The molecule has 3 aromatic rings. The molecule has 0 atom stereocenters. The van der Waals surface area contributed by atoms with Crippen LogP contribution in [0.4, 0.5) is 0 Å². The Balaban J connectivity index is 2.06. The molecule has 24 heavy (non-hydrogen) atoms. The van der Waals surface area contributed by atoms with E-state index in [1.165, 1.54) is 0 Å². The maximum atomic E-state index is 12.4. The summed E-state index contributed by atoms with van der Waals surface area (Å²) in [5.74, 6) is 1.14. The van der Waals surface area contributed by atoms with Crippen molar-refractivity contribution in [2.45, 2.75) is 27.2 Å². The van der Waals surface area contributed by atoms with Crippen LogP contribution in [0.5, 0.6) is 5.75 Å². The van der Waals surface area contributed by atoms with Gasteiger partial charge in [0.15, 0.2) is 0 Å². The molecular weight excluding hydrogens is 302 g/mol. The molecule has 2 aromatic heterocycles. The topological polar surface area (TPSA) is 39.9 Å². The van der Waals surface area contributed by atoms with Crippen molar-refractivity contribution in [3.05, 3.63) is 48.2 Å². The van der Waals surface area contributed by atoms with E-state index in [4.69, 9.17) is 9.47 Å². The standard InChI is InChI=1S/C20H23NO3/c1-4-23-20(22)19-16-9-8-15(24-12-10-14(2)3)13-18(16)21-11-6-5-7-17(19)21/h5-9,11,13-14H,4,10,12H2,1-3H3. The monoisotopic (exact) mass is 325 g/mol. The highest BCUT2D eigenvalue weighted by Crippen LogP contribution is 2.30. The van der Waals surface area contributed by atoms with Gasteiger partial charge in [-0.2, -0.15) is 0 Å². The van der Waals surface area contributed by atoms with Gasteiger partial charge >= 0.3 is 5.97 Å². The number of pyridine rings is 1. The van der Waals surface area contributed by atoms with E-state index < -0.39 is 0 Å². The predicted molar refractivity (Wildman–Crippen MR) is 95.8 cm³/mol. The van der Waals surface area contributed by atoms with Crippen LogP contribution in [0.25, 0.3) is 16.4 Å². The third-order valence-corrected chi connectivity index (χ3v) is 4.06. The second-order valence-corrected chi connectivity index (χ2v) is 6.26. The Morgan fingerprint density at radius 2 is 2.00 bits per heavy atom. The SMILES string of the molecule is CCOC(=O)c1c2ccc(OCCC(C)C)cc2n2ccccc12. The number of ether oxygens (including phenoxy) is 2. The van der Waals surface area contributed by atoms with Gasteiger partial charge in [0.25, 0.3) is 0 Å². The summed E-state index contributed by atoms with van der Waals surface area (Å²) >= 11 is 0. The first-order chi connectivity index (χ1) is 11.6. The van der Waals surface area contributed by atoms with Crippen LogP contribution in [0.1, 0.15) is 37.6 Å². The molecule has 0 aliphatic rings. The first kappa shape index (κ1) is 16.4. The summed E-state index contributed by atoms with van der Waals surface area (Å²) in [6.45, 7) is 7.23. The van der Waals surface area contributed by atoms with Crippen LogP contribution in [0.3, 0.4) is 0 Å². The van der Waals surface area contributed by atoms with Crippen LogP contribution in [0.15, 0.2) is 42.6 Å². The Morgan fingerprint density at radius 3 is 2.75 bits per heavy atom. The number of fused-ring (bicyclic) bond motifs is 3. The Bertz CT molecular complexity index is 864. The number of carbonyl (C=O) groups excluding carboxylic acids is 1. The van der Waals surface area contributed by atoms with E-state index in [-0.39, 0.29) is 5.97 Å². The van der Waals surface area contributed by atoms with Gasteiger partial charge in [-0.15, -0.1) is 0 Å². The second kappa shape index (κ2) is 6.95. The predicted octanol–water partition coefficient (Wildman–Crippen LogP) is 4.69. The van der Waals surface area contributed by atoms with Gasteiger partial charge in [-0.1, -0.05) is 19.9 Å². The van der Waals surface area contributed by atoms with Crippen LogP contribution >= 0.6 is 0 Å². The van der Waals surface area contributed by atoms with Crippen molar-refractivity contribution in [2.75, 3.05) is 13.2 Å². The van der Waals surface area contributed by atoms with Crippen molar-refractivity contribution >= 4 is 22.4 Å². The highest BCUT2D eigenvalue weighted by atomic mass is 16.5. The summed E-state index contributed by atoms with van der Waals surface area (Å²) in [6.07, 6.45) is 2.97. The van der Waals surface area contributed by atoms with Crippen molar-refractivity contribution in [2.24, 2.45) is 5.92 Å². The van der Waals surface area contributed by atoms with Crippen LogP contribution in [0.2, 0.25) is 0 Å². The molecule has 126 valence electrons. The molecule has 0 bridgehead atoms. The van der Waals surface area contributed by atoms with E-state index in [2.05, 4.69) is 13.8 Å². The van der Waals surface area contributed by atoms with Gasteiger partial charge in [-0.3, -0.25) is 0 Å². The molecule has 0 fully saturated rings. The normalized spacial score (nSPS) is 11.3. The number of rotatable bonds is 6. The van der Waals surface area contributed by atoms with Crippen molar-refractivity contribution in [3.63, 3.8) is 0 Å². The van der Waals surface area contributed by atoms with E-state index in [1.54, 1.807) is 0 Å². The Kier molecular flexibility index (Phi) is 4.74. The lowest BCUT2D eigenvalue weighted by atomic mass is 10.1. The lowest BCUT2D eigenvalue weighted by Gasteiger charge is -2.08. The van der Waals surface area contributed by atoms with Gasteiger partial charge < -0.3 is 13.9 Å². The summed E-state index contributed by atoms with van der Waals surface area (Å²) in [5, 5.41) is 0.885. The number of benzene rings is 1. The van der Waals surface area contributed by atoms with Crippen molar-refractivity contribution in [1.29, 1.82) is 0 Å². The average Bonchev–Trinajstić information content (AvgIpc) is 2.89. The molecule has 0 saturated heterocycles. The maximum absolute atomic E-state index is 12.4. The molecule has 0 spiro atoms. The molecular formula is C20H23NO3. The molecule has 3 rings (SSSR count). The largest absolute Gasteiger partial charge is 0.494 e. The van der Waals surface area contributed by atoms with Crippen molar-refractivity contribution < 1.29 is 14.3 Å². The van der Waals surface area contributed by atoms with E-state index in [0.29, 0.717) is 24.7 Å². The minimum absolute atomic E-state index is 0.287. The van der Waals surface area contributed by atoms with Gasteiger partial charge in [0.1, 0.15) is 5.75 Å². The summed E-state index contributed by atoms with van der Waals surface area (Å²) in [4.78, 5) is 12.4. The zero-order valence-electron chi connectivity index (χ0n) is 14.4. The fourth-order valence-electron chi connectivity index (χ4n) is 2.84. The van der Waals surface area contributed by atoms with Gasteiger partial charge in [-0.25, -0.2) is 4.79 Å². The lowest BCUT2D eigenvalue weighted by molar-refractivity contribution is 0.0531. The Morgan fingerprint density at radius 1 is 1.17 bits per heavy atom. The molecule has 0 amide bonds. The zero-order chi connectivity index (χ0) is 17.1. The van der Waals surface area contributed by atoms with Gasteiger partial charge in [0.05, 0.1) is 29.8 Å². The molecule has 0 saturated carbocycles. The molecule has 0 radical (unpaired) electrons. The average molecular weight is 325 g/mol. The molecule has 2 heterocycles.